The van der Waals surface area contributed by atoms with Crippen LogP contribution in [-0.4, -0.2) is 46.3 Å². The number of imide groups is 2. The molecule has 0 bridgehead atoms. The first-order chi connectivity index (χ1) is 16.2. The number of hydrogen-bond acceptors (Lipinski definition) is 5. The molecule has 2 aliphatic heterocycles. The smallest absolute Gasteiger partial charge is 0.265 e. The molecule has 7 nitrogen and oxygen atoms in total. The van der Waals surface area contributed by atoms with E-state index in [-0.39, 0.29) is 34.8 Å². The Labute approximate surface area is 196 Å². The van der Waals surface area contributed by atoms with Crippen molar-refractivity contribution < 1.29 is 24.3 Å². The lowest BCUT2D eigenvalue weighted by atomic mass is 9.85. The van der Waals surface area contributed by atoms with Gasteiger partial charge >= 0.3 is 0 Å². The fraction of sp³-hybridized carbons (Fsp3) is 0.259. The molecule has 2 heterocycles. The van der Waals surface area contributed by atoms with Gasteiger partial charge in [0.1, 0.15) is 0 Å². The summed E-state index contributed by atoms with van der Waals surface area (Å²) in [7, 11) is 0. The van der Waals surface area contributed by atoms with Gasteiger partial charge in [-0.15, -0.1) is 0 Å². The zero-order valence-corrected chi connectivity index (χ0v) is 19.2. The van der Waals surface area contributed by atoms with Crippen molar-refractivity contribution in [3.63, 3.8) is 0 Å². The zero-order chi connectivity index (χ0) is 24.3. The van der Waals surface area contributed by atoms with Gasteiger partial charge in [-0.3, -0.25) is 24.1 Å². The number of anilines is 1. The number of nitrogens with zero attached hydrogens (tertiary/aromatic N) is 2. The molecule has 1 unspecified atom stereocenters. The van der Waals surface area contributed by atoms with Crippen LogP contribution in [-0.2, 0) is 0 Å². The Morgan fingerprint density at radius 1 is 0.706 bits per heavy atom. The van der Waals surface area contributed by atoms with Gasteiger partial charge < -0.3 is 5.11 Å². The van der Waals surface area contributed by atoms with Crippen LogP contribution < -0.4 is 4.90 Å². The topological polar surface area (TPSA) is 95.0 Å². The summed E-state index contributed by atoms with van der Waals surface area (Å²) in [5, 5.41) is 10.6. The summed E-state index contributed by atoms with van der Waals surface area (Å²) >= 11 is 0. The van der Waals surface area contributed by atoms with E-state index >= 15 is 0 Å². The first-order valence-corrected chi connectivity index (χ1v) is 11.3. The fourth-order valence-electron chi connectivity index (χ4n) is 4.96. The van der Waals surface area contributed by atoms with Crippen LogP contribution in [0.15, 0.2) is 48.5 Å². The quantitative estimate of drug-likeness (QED) is 0.587. The molecule has 3 aromatic rings. The van der Waals surface area contributed by atoms with E-state index in [1.807, 2.05) is 32.9 Å². The molecule has 0 spiro atoms. The maximum absolute atomic E-state index is 13.4. The highest BCUT2D eigenvalue weighted by atomic mass is 16.3. The predicted molar refractivity (Wildman–Crippen MR) is 127 cm³/mol. The molecule has 1 N–H and O–H groups in total. The van der Waals surface area contributed by atoms with E-state index in [2.05, 4.69) is 0 Å². The van der Waals surface area contributed by atoms with E-state index < -0.39 is 29.7 Å². The van der Waals surface area contributed by atoms with Crippen molar-refractivity contribution in [2.24, 2.45) is 5.92 Å². The lowest BCUT2D eigenvalue weighted by Gasteiger charge is -2.35. The summed E-state index contributed by atoms with van der Waals surface area (Å²) in [6, 6.07) is 12.6. The molecule has 0 aliphatic carbocycles. The van der Waals surface area contributed by atoms with Crippen LogP contribution in [0.25, 0.3) is 10.8 Å². The number of benzene rings is 3. The summed E-state index contributed by atoms with van der Waals surface area (Å²) in [6.07, 6.45) is 0.463. The molecule has 7 heteroatoms. The van der Waals surface area contributed by atoms with Gasteiger partial charge in [0.25, 0.3) is 23.6 Å². The summed E-state index contributed by atoms with van der Waals surface area (Å²) in [6.45, 7) is 5.49. The molecule has 2 aliphatic rings. The van der Waals surface area contributed by atoms with E-state index in [4.69, 9.17) is 0 Å². The average Bonchev–Trinajstić information content (AvgIpc) is 2.81. The second-order valence-corrected chi connectivity index (χ2v) is 9.30. The van der Waals surface area contributed by atoms with Crippen molar-refractivity contribution in [1.82, 2.24) is 4.90 Å². The molecule has 0 radical (unpaired) electrons. The Kier molecular flexibility index (Phi) is 5.10. The van der Waals surface area contributed by atoms with Gasteiger partial charge in [-0.2, -0.15) is 0 Å². The summed E-state index contributed by atoms with van der Waals surface area (Å²) < 4.78 is 0. The third kappa shape index (κ3) is 3.08. The highest BCUT2D eigenvalue weighted by Gasteiger charge is 2.42. The van der Waals surface area contributed by atoms with Gasteiger partial charge in [0.15, 0.2) is 0 Å². The molecule has 172 valence electrons. The van der Waals surface area contributed by atoms with E-state index in [0.717, 1.165) is 15.4 Å². The van der Waals surface area contributed by atoms with Crippen LogP contribution in [0.4, 0.5) is 5.69 Å². The van der Waals surface area contributed by atoms with Gasteiger partial charge in [-0.25, -0.2) is 4.90 Å². The minimum absolute atomic E-state index is 0.164. The van der Waals surface area contributed by atoms with E-state index in [0.29, 0.717) is 22.9 Å². The average molecular weight is 456 g/mol. The second kappa shape index (κ2) is 7.88. The van der Waals surface area contributed by atoms with Crippen molar-refractivity contribution in [2.75, 3.05) is 11.5 Å². The SMILES string of the molecule is Cc1ccc(N2C(=O)c3ccc4c5c(ccc(c35)C2=O)C(=O)N(C(CO)CC(C)C)C4=O)cc1. The number of carbonyl (C=O) groups is 4. The largest absolute Gasteiger partial charge is 0.394 e. The first-order valence-electron chi connectivity index (χ1n) is 11.3. The van der Waals surface area contributed by atoms with Gasteiger partial charge in [0.05, 0.1) is 18.3 Å². The zero-order valence-electron chi connectivity index (χ0n) is 19.2. The first kappa shape index (κ1) is 22.0. The van der Waals surface area contributed by atoms with Crippen LogP contribution >= 0.6 is 0 Å². The Morgan fingerprint density at radius 2 is 1.15 bits per heavy atom. The van der Waals surface area contributed by atoms with E-state index in [1.54, 1.807) is 24.3 Å². The second-order valence-electron chi connectivity index (χ2n) is 9.30. The Bertz CT molecular complexity index is 1320. The lowest BCUT2D eigenvalue weighted by molar-refractivity contribution is 0.0443. The number of aliphatic hydroxyl groups excluding tert-OH is 1. The number of amides is 4. The minimum atomic E-state index is -0.657. The molecule has 3 aromatic carbocycles. The molecule has 0 fully saturated rings. The van der Waals surface area contributed by atoms with Gasteiger partial charge in [-0.1, -0.05) is 31.5 Å². The van der Waals surface area contributed by atoms with Crippen LogP contribution in [0.1, 0.15) is 67.3 Å². The van der Waals surface area contributed by atoms with Crippen molar-refractivity contribution in [3.8, 4) is 0 Å². The Morgan fingerprint density at radius 3 is 1.56 bits per heavy atom. The Hall–Kier alpha value is -3.84. The molecule has 4 amide bonds. The standard InChI is InChI=1S/C27H24N2O5/c1-14(2)12-17(13-30)29-26(33)20-10-8-18-22-19(9-11-21(23(20)22)27(29)34)25(32)28(24(18)31)16-6-4-15(3)5-7-16/h4-11,14,17,30H,12-13H2,1-3H3. The van der Waals surface area contributed by atoms with Gasteiger partial charge in [0, 0.05) is 33.0 Å². The number of carbonyl (C=O) groups excluding carboxylic acids is 4. The number of aliphatic hydroxyl groups is 1. The lowest BCUT2D eigenvalue weighted by Crippen LogP contribution is -2.49. The molecule has 1 atom stereocenters. The monoisotopic (exact) mass is 456 g/mol. The highest BCUT2D eigenvalue weighted by Crippen LogP contribution is 2.39. The molecule has 5 rings (SSSR count). The number of rotatable bonds is 5. The Balaban J connectivity index is 1.68. The van der Waals surface area contributed by atoms with Crippen molar-refractivity contribution >= 4 is 40.1 Å². The third-order valence-corrected chi connectivity index (χ3v) is 6.54. The van der Waals surface area contributed by atoms with Crippen LogP contribution in [0.2, 0.25) is 0 Å². The molecular formula is C27H24N2O5. The van der Waals surface area contributed by atoms with E-state index in [1.165, 1.54) is 12.1 Å². The molecule has 34 heavy (non-hydrogen) atoms. The maximum atomic E-state index is 13.4. The van der Waals surface area contributed by atoms with Crippen molar-refractivity contribution in [2.45, 2.75) is 33.2 Å². The van der Waals surface area contributed by atoms with E-state index in [9.17, 15) is 24.3 Å². The van der Waals surface area contributed by atoms with Gasteiger partial charge in [0.2, 0.25) is 0 Å². The number of hydrogen-bond donors (Lipinski definition) is 1. The molecule has 0 saturated carbocycles. The normalized spacial score (nSPS) is 16.1. The highest BCUT2D eigenvalue weighted by molar-refractivity contribution is 6.39. The summed E-state index contributed by atoms with van der Waals surface area (Å²) in [4.78, 5) is 55.9. The molecule has 0 aromatic heterocycles. The minimum Gasteiger partial charge on any atom is -0.394 e. The summed E-state index contributed by atoms with van der Waals surface area (Å²) in [5.74, 6) is -1.89. The van der Waals surface area contributed by atoms with Crippen LogP contribution in [0.3, 0.4) is 0 Å². The fourth-order valence-corrected chi connectivity index (χ4v) is 4.96. The van der Waals surface area contributed by atoms with Crippen molar-refractivity contribution in [3.05, 3.63) is 76.3 Å². The van der Waals surface area contributed by atoms with Crippen LogP contribution in [0, 0.1) is 12.8 Å². The third-order valence-electron chi connectivity index (χ3n) is 6.54. The van der Waals surface area contributed by atoms with Crippen molar-refractivity contribution in [1.29, 1.82) is 0 Å². The van der Waals surface area contributed by atoms with Gasteiger partial charge in [-0.05, 0) is 55.7 Å². The molecular weight excluding hydrogens is 432 g/mol. The summed E-state index contributed by atoms with van der Waals surface area (Å²) in [5.41, 5.74) is 2.50. The number of aryl methyl sites for hydroxylation is 1. The predicted octanol–water partition coefficient (Wildman–Crippen LogP) is 3.95. The molecule has 0 saturated heterocycles. The maximum Gasteiger partial charge on any atom is 0.265 e. The van der Waals surface area contributed by atoms with Crippen LogP contribution in [0.5, 0.6) is 0 Å².